The van der Waals surface area contributed by atoms with E-state index in [9.17, 15) is 4.79 Å². The molecule has 1 atom stereocenters. The van der Waals surface area contributed by atoms with Crippen molar-refractivity contribution in [2.45, 2.75) is 12.6 Å². The molecule has 0 aliphatic carbocycles. The summed E-state index contributed by atoms with van der Waals surface area (Å²) >= 11 is 5.91. The van der Waals surface area contributed by atoms with Crippen LogP contribution >= 0.6 is 11.6 Å². The van der Waals surface area contributed by atoms with Crippen molar-refractivity contribution in [1.29, 1.82) is 0 Å². The molecule has 126 valence electrons. The summed E-state index contributed by atoms with van der Waals surface area (Å²) in [7, 11) is 0. The summed E-state index contributed by atoms with van der Waals surface area (Å²) in [6, 6.07) is 14.8. The van der Waals surface area contributed by atoms with Crippen molar-refractivity contribution in [3.63, 3.8) is 0 Å². The maximum Gasteiger partial charge on any atom is 0.322 e. The van der Waals surface area contributed by atoms with Gasteiger partial charge in [0.2, 0.25) is 0 Å². The Hall–Kier alpha value is -2.79. The topological polar surface area (TPSA) is 50.2 Å². The molecule has 3 heterocycles. The molecule has 0 bridgehead atoms. The fourth-order valence-corrected chi connectivity index (χ4v) is 3.35. The van der Waals surface area contributed by atoms with Gasteiger partial charge in [0.25, 0.3) is 0 Å². The monoisotopic (exact) mass is 352 g/mol. The van der Waals surface area contributed by atoms with E-state index in [1.165, 1.54) is 0 Å². The number of rotatable bonds is 2. The lowest BCUT2D eigenvalue weighted by molar-refractivity contribution is 0.182. The first-order valence-corrected chi connectivity index (χ1v) is 8.48. The minimum Gasteiger partial charge on any atom is -0.348 e. The zero-order valence-electron chi connectivity index (χ0n) is 13.5. The van der Waals surface area contributed by atoms with E-state index in [1.807, 2.05) is 23.1 Å². The lowest BCUT2D eigenvalue weighted by atomic mass is 10.0. The van der Waals surface area contributed by atoms with Crippen LogP contribution in [0.3, 0.4) is 0 Å². The average molecular weight is 353 g/mol. The first-order chi connectivity index (χ1) is 12.2. The highest BCUT2D eigenvalue weighted by atomic mass is 35.5. The first kappa shape index (κ1) is 15.7. The number of benzene rings is 1. The minimum absolute atomic E-state index is 0.128. The second-order valence-corrected chi connectivity index (χ2v) is 6.38. The number of aromatic nitrogens is 2. The Balaban J connectivity index is 1.65. The third-order valence-corrected chi connectivity index (χ3v) is 4.67. The van der Waals surface area contributed by atoms with Gasteiger partial charge in [-0.2, -0.15) is 0 Å². The fraction of sp³-hybridized carbons (Fsp3) is 0.158. The van der Waals surface area contributed by atoms with E-state index in [1.54, 1.807) is 36.7 Å². The molecular weight excluding hydrogens is 336 g/mol. The Morgan fingerprint density at radius 1 is 1.08 bits per heavy atom. The fourth-order valence-electron chi connectivity index (χ4n) is 3.23. The Morgan fingerprint density at radius 2 is 1.84 bits per heavy atom. The molecule has 0 saturated carbocycles. The number of urea groups is 1. The molecule has 0 saturated heterocycles. The quantitative estimate of drug-likeness (QED) is 0.752. The van der Waals surface area contributed by atoms with E-state index in [4.69, 9.17) is 11.6 Å². The maximum atomic E-state index is 12.9. The third kappa shape index (κ3) is 3.10. The zero-order chi connectivity index (χ0) is 17.2. The molecule has 1 aliphatic rings. The number of nitrogens with one attached hydrogen (secondary N) is 1. The Labute approximate surface area is 150 Å². The van der Waals surface area contributed by atoms with Crippen LogP contribution in [-0.2, 0) is 6.54 Å². The molecule has 1 N–H and O–H groups in total. The summed E-state index contributed by atoms with van der Waals surface area (Å²) in [4.78, 5) is 18.9. The molecule has 3 aromatic rings. The van der Waals surface area contributed by atoms with Gasteiger partial charge < -0.3 is 14.8 Å². The Bertz CT molecular complexity index is 876. The number of carbonyl (C=O) groups excluding carboxylic acids is 1. The van der Waals surface area contributed by atoms with Crippen LogP contribution in [0, 0.1) is 0 Å². The van der Waals surface area contributed by atoms with Crippen LogP contribution in [0.25, 0.3) is 0 Å². The normalized spacial score (nSPS) is 16.4. The zero-order valence-corrected chi connectivity index (χ0v) is 14.2. The number of pyridine rings is 1. The van der Waals surface area contributed by atoms with Gasteiger partial charge in [-0.1, -0.05) is 11.6 Å². The van der Waals surface area contributed by atoms with E-state index in [0.29, 0.717) is 11.6 Å². The standard InChI is InChI=1S/C19H17ClN4O/c20-15-3-5-16(6-4-15)22-19(25)24-13-12-23-11-1-2-17(23)18(24)14-7-9-21-10-8-14/h1-11,18H,12-13H2,(H,22,25)/t18-/m1/s1. The molecule has 0 radical (unpaired) electrons. The molecule has 0 unspecified atom stereocenters. The lowest BCUT2D eigenvalue weighted by Gasteiger charge is -2.37. The SMILES string of the molecule is O=C(Nc1ccc(Cl)cc1)N1CCn2cccc2[C@H]1c1ccncc1. The highest BCUT2D eigenvalue weighted by Crippen LogP contribution is 2.32. The second kappa shape index (κ2) is 6.61. The largest absolute Gasteiger partial charge is 0.348 e. The summed E-state index contributed by atoms with van der Waals surface area (Å²) in [5.41, 5.74) is 2.87. The number of nitrogens with zero attached hydrogens (tertiary/aromatic N) is 3. The van der Waals surface area contributed by atoms with Crippen LogP contribution in [0.5, 0.6) is 0 Å². The van der Waals surface area contributed by atoms with Crippen LogP contribution in [-0.4, -0.2) is 27.0 Å². The number of fused-ring (bicyclic) bond motifs is 1. The van der Waals surface area contributed by atoms with E-state index >= 15 is 0 Å². The molecule has 5 nitrogen and oxygen atoms in total. The van der Waals surface area contributed by atoms with Crippen LogP contribution in [0.1, 0.15) is 17.3 Å². The average Bonchev–Trinajstić information content (AvgIpc) is 3.12. The number of carbonyl (C=O) groups is 1. The molecule has 6 heteroatoms. The summed E-state index contributed by atoms with van der Waals surface area (Å²) < 4.78 is 2.19. The molecule has 4 rings (SSSR count). The predicted octanol–water partition coefficient (Wildman–Crippen LogP) is 4.17. The second-order valence-electron chi connectivity index (χ2n) is 5.94. The van der Waals surface area contributed by atoms with Gasteiger partial charge in [0.1, 0.15) is 0 Å². The number of amides is 2. The molecule has 2 amide bonds. The minimum atomic E-state index is -0.140. The predicted molar refractivity (Wildman–Crippen MR) is 97.7 cm³/mol. The highest BCUT2D eigenvalue weighted by Gasteiger charge is 2.32. The van der Waals surface area contributed by atoms with Gasteiger partial charge in [0, 0.05) is 48.1 Å². The summed E-state index contributed by atoms with van der Waals surface area (Å²) in [5.74, 6) is 0. The van der Waals surface area contributed by atoms with Gasteiger partial charge in [-0.25, -0.2) is 4.79 Å². The van der Waals surface area contributed by atoms with Gasteiger partial charge >= 0.3 is 6.03 Å². The van der Waals surface area contributed by atoms with Gasteiger partial charge in [0.15, 0.2) is 0 Å². The van der Waals surface area contributed by atoms with Gasteiger partial charge in [0.05, 0.1) is 6.04 Å². The maximum absolute atomic E-state index is 12.9. The van der Waals surface area contributed by atoms with Crippen molar-refractivity contribution >= 4 is 23.3 Å². The Kier molecular flexibility index (Phi) is 4.15. The highest BCUT2D eigenvalue weighted by molar-refractivity contribution is 6.30. The van der Waals surface area contributed by atoms with E-state index in [0.717, 1.165) is 23.5 Å². The molecular formula is C19H17ClN4O. The van der Waals surface area contributed by atoms with Crippen molar-refractivity contribution in [3.05, 3.63) is 83.4 Å². The van der Waals surface area contributed by atoms with Gasteiger partial charge in [-0.15, -0.1) is 0 Å². The van der Waals surface area contributed by atoms with E-state index in [2.05, 4.69) is 27.1 Å². The van der Waals surface area contributed by atoms with Gasteiger partial charge in [-0.3, -0.25) is 4.98 Å². The van der Waals surface area contributed by atoms with Crippen molar-refractivity contribution in [2.75, 3.05) is 11.9 Å². The van der Waals surface area contributed by atoms with Crippen LogP contribution < -0.4 is 5.32 Å². The van der Waals surface area contributed by atoms with Crippen molar-refractivity contribution in [3.8, 4) is 0 Å². The number of halogens is 1. The molecule has 1 aliphatic heterocycles. The smallest absolute Gasteiger partial charge is 0.322 e. The summed E-state index contributed by atoms with van der Waals surface area (Å²) in [6.07, 6.45) is 5.57. The Morgan fingerprint density at radius 3 is 2.60 bits per heavy atom. The summed E-state index contributed by atoms with van der Waals surface area (Å²) in [5, 5.41) is 3.61. The van der Waals surface area contributed by atoms with Crippen LogP contribution in [0.4, 0.5) is 10.5 Å². The summed E-state index contributed by atoms with van der Waals surface area (Å²) in [6.45, 7) is 1.41. The lowest BCUT2D eigenvalue weighted by Crippen LogP contribution is -2.44. The molecule has 25 heavy (non-hydrogen) atoms. The van der Waals surface area contributed by atoms with E-state index in [-0.39, 0.29) is 12.1 Å². The number of hydrogen-bond acceptors (Lipinski definition) is 2. The molecule has 1 aromatic carbocycles. The molecule has 2 aromatic heterocycles. The molecule has 0 spiro atoms. The van der Waals surface area contributed by atoms with Crippen molar-refractivity contribution in [1.82, 2.24) is 14.5 Å². The van der Waals surface area contributed by atoms with Gasteiger partial charge in [-0.05, 0) is 54.1 Å². The van der Waals surface area contributed by atoms with E-state index < -0.39 is 0 Å². The number of hydrogen-bond donors (Lipinski definition) is 1. The molecule has 0 fully saturated rings. The van der Waals surface area contributed by atoms with Crippen molar-refractivity contribution in [2.24, 2.45) is 0 Å². The first-order valence-electron chi connectivity index (χ1n) is 8.10. The van der Waals surface area contributed by atoms with Crippen molar-refractivity contribution < 1.29 is 4.79 Å². The van der Waals surface area contributed by atoms with Crippen LogP contribution in [0.15, 0.2) is 67.1 Å². The third-order valence-electron chi connectivity index (χ3n) is 4.42. The number of anilines is 1. The van der Waals surface area contributed by atoms with Crippen LogP contribution in [0.2, 0.25) is 5.02 Å².